The van der Waals surface area contributed by atoms with Gasteiger partial charge in [0.1, 0.15) is 11.6 Å². The predicted molar refractivity (Wildman–Crippen MR) is 115 cm³/mol. The summed E-state index contributed by atoms with van der Waals surface area (Å²) in [6, 6.07) is 18.8. The van der Waals surface area contributed by atoms with E-state index in [4.69, 9.17) is 9.15 Å². The van der Waals surface area contributed by atoms with Gasteiger partial charge in [-0.15, -0.1) is 0 Å². The van der Waals surface area contributed by atoms with Gasteiger partial charge in [-0.3, -0.25) is 0 Å². The molecule has 158 valence electrons. The van der Waals surface area contributed by atoms with Gasteiger partial charge in [0, 0.05) is 11.3 Å². The van der Waals surface area contributed by atoms with E-state index in [1.165, 1.54) is 12.1 Å². The first-order chi connectivity index (χ1) is 14.9. The van der Waals surface area contributed by atoms with Gasteiger partial charge in [-0.05, 0) is 67.6 Å². The lowest BCUT2D eigenvalue weighted by atomic mass is 10.2. The average molecular weight is 438 g/mol. The zero-order valence-corrected chi connectivity index (χ0v) is 17.6. The molecule has 0 amide bonds. The molecule has 1 N–H and O–H groups in total. The van der Waals surface area contributed by atoms with Crippen molar-refractivity contribution in [2.75, 3.05) is 12.4 Å². The van der Waals surface area contributed by atoms with E-state index in [0.717, 1.165) is 17.7 Å². The highest BCUT2D eigenvalue weighted by Crippen LogP contribution is 2.34. The SMILES string of the molecule is COc1ccc(-c2nc(S(=O)(=O)c3ccc(F)cc3)c(Nc3ccc(C)cc3)o2)cc1. The smallest absolute Gasteiger partial charge is 0.238 e. The number of aryl methyl sites for hydroxylation is 1. The van der Waals surface area contributed by atoms with Gasteiger partial charge in [-0.25, -0.2) is 12.8 Å². The van der Waals surface area contributed by atoms with Gasteiger partial charge in [0.15, 0.2) is 0 Å². The third kappa shape index (κ3) is 4.29. The highest BCUT2D eigenvalue weighted by Gasteiger charge is 2.29. The fourth-order valence-corrected chi connectivity index (χ4v) is 4.18. The van der Waals surface area contributed by atoms with Gasteiger partial charge in [0.2, 0.25) is 26.6 Å². The van der Waals surface area contributed by atoms with Crippen LogP contribution in [0, 0.1) is 12.7 Å². The highest BCUT2D eigenvalue weighted by molar-refractivity contribution is 7.91. The van der Waals surface area contributed by atoms with Gasteiger partial charge in [0.05, 0.1) is 12.0 Å². The summed E-state index contributed by atoms with van der Waals surface area (Å²) in [5.41, 5.74) is 2.27. The molecule has 4 rings (SSSR count). The van der Waals surface area contributed by atoms with E-state index >= 15 is 0 Å². The molecule has 3 aromatic carbocycles. The number of ether oxygens (including phenoxy) is 1. The van der Waals surface area contributed by atoms with Crippen molar-refractivity contribution < 1.29 is 22.0 Å². The van der Waals surface area contributed by atoms with E-state index in [-0.39, 0.29) is 21.7 Å². The van der Waals surface area contributed by atoms with Gasteiger partial charge >= 0.3 is 0 Å². The molecule has 0 aliphatic carbocycles. The molecule has 0 bridgehead atoms. The first-order valence-electron chi connectivity index (χ1n) is 9.36. The quantitative estimate of drug-likeness (QED) is 0.408. The zero-order valence-electron chi connectivity index (χ0n) is 16.8. The average Bonchev–Trinajstić information content (AvgIpc) is 3.20. The van der Waals surface area contributed by atoms with Crippen molar-refractivity contribution >= 4 is 21.4 Å². The molecule has 0 aliphatic heterocycles. The maximum Gasteiger partial charge on any atom is 0.238 e. The second-order valence-electron chi connectivity index (χ2n) is 6.83. The molecular formula is C23H19FN2O4S. The Labute approximate surface area is 179 Å². The number of halogens is 1. The standard InChI is InChI=1S/C23H19FN2O4S/c1-15-3-9-18(10-4-15)25-22-23(31(27,28)20-13-7-17(24)8-14-20)26-21(30-22)16-5-11-19(29-2)12-6-16/h3-14,25H,1-2H3. The van der Waals surface area contributed by atoms with E-state index in [0.29, 0.717) is 17.0 Å². The third-order valence-corrected chi connectivity index (χ3v) is 6.30. The molecule has 0 atom stereocenters. The first-order valence-corrected chi connectivity index (χ1v) is 10.8. The second kappa shape index (κ2) is 8.23. The molecule has 0 radical (unpaired) electrons. The largest absolute Gasteiger partial charge is 0.497 e. The fourth-order valence-electron chi connectivity index (χ4n) is 2.92. The number of rotatable bonds is 6. The second-order valence-corrected chi connectivity index (χ2v) is 8.70. The van der Waals surface area contributed by atoms with Crippen LogP contribution in [0.25, 0.3) is 11.5 Å². The summed E-state index contributed by atoms with van der Waals surface area (Å²) in [6.45, 7) is 1.95. The molecule has 4 aromatic rings. The Balaban J connectivity index is 1.81. The van der Waals surface area contributed by atoms with Crippen molar-refractivity contribution in [2.24, 2.45) is 0 Å². The molecule has 0 spiro atoms. The number of hydrogen-bond donors (Lipinski definition) is 1. The van der Waals surface area contributed by atoms with Crippen LogP contribution >= 0.6 is 0 Å². The van der Waals surface area contributed by atoms with Crippen molar-refractivity contribution in [3.05, 3.63) is 84.2 Å². The summed E-state index contributed by atoms with van der Waals surface area (Å²) in [4.78, 5) is 4.18. The van der Waals surface area contributed by atoms with E-state index in [1.807, 2.05) is 19.1 Å². The van der Waals surface area contributed by atoms with Gasteiger partial charge < -0.3 is 14.5 Å². The Bertz CT molecular complexity index is 1300. The Morgan fingerprint density at radius 2 is 1.58 bits per heavy atom. The molecule has 6 nitrogen and oxygen atoms in total. The van der Waals surface area contributed by atoms with Crippen LogP contribution in [-0.2, 0) is 9.84 Å². The lowest BCUT2D eigenvalue weighted by Crippen LogP contribution is -2.05. The van der Waals surface area contributed by atoms with Crippen LogP contribution in [0.1, 0.15) is 5.56 Å². The van der Waals surface area contributed by atoms with Crippen molar-refractivity contribution in [1.82, 2.24) is 4.98 Å². The predicted octanol–water partition coefficient (Wildman–Crippen LogP) is 5.37. The van der Waals surface area contributed by atoms with E-state index in [2.05, 4.69) is 10.3 Å². The minimum atomic E-state index is -4.07. The lowest BCUT2D eigenvalue weighted by Gasteiger charge is -2.06. The maximum atomic E-state index is 13.3. The number of nitrogens with zero attached hydrogens (tertiary/aromatic N) is 1. The van der Waals surface area contributed by atoms with Gasteiger partial charge in [-0.1, -0.05) is 17.7 Å². The van der Waals surface area contributed by atoms with Crippen molar-refractivity contribution in [1.29, 1.82) is 0 Å². The summed E-state index contributed by atoms with van der Waals surface area (Å²) in [7, 11) is -2.52. The minimum Gasteiger partial charge on any atom is -0.497 e. The summed E-state index contributed by atoms with van der Waals surface area (Å²) >= 11 is 0. The third-order valence-electron chi connectivity index (χ3n) is 4.62. The molecule has 8 heteroatoms. The zero-order chi connectivity index (χ0) is 22.0. The monoisotopic (exact) mass is 438 g/mol. The van der Waals surface area contributed by atoms with Crippen LogP contribution in [0.3, 0.4) is 0 Å². The summed E-state index contributed by atoms with van der Waals surface area (Å²) in [6.07, 6.45) is 0. The van der Waals surface area contributed by atoms with E-state index in [9.17, 15) is 12.8 Å². The van der Waals surface area contributed by atoms with Crippen LogP contribution in [0.5, 0.6) is 5.75 Å². The molecule has 1 aromatic heterocycles. The topological polar surface area (TPSA) is 81.4 Å². The van der Waals surface area contributed by atoms with E-state index < -0.39 is 15.7 Å². The number of sulfone groups is 1. The Kier molecular flexibility index (Phi) is 5.48. The van der Waals surface area contributed by atoms with E-state index in [1.54, 1.807) is 43.5 Å². The lowest BCUT2D eigenvalue weighted by molar-refractivity contribution is 0.415. The summed E-state index contributed by atoms with van der Waals surface area (Å²) in [5.74, 6) is 0.209. The number of nitrogens with one attached hydrogen (secondary N) is 1. The normalized spacial score (nSPS) is 11.3. The Hall–Kier alpha value is -3.65. The molecule has 0 aliphatic rings. The highest BCUT2D eigenvalue weighted by atomic mass is 32.2. The Morgan fingerprint density at radius 3 is 2.19 bits per heavy atom. The molecule has 0 saturated carbocycles. The van der Waals surface area contributed by atoms with Gasteiger partial charge in [0.25, 0.3) is 0 Å². The van der Waals surface area contributed by atoms with Crippen LogP contribution in [0.15, 0.2) is 87.1 Å². The number of methoxy groups -OCH3 is 1. The van der Waals surface area contributed by atoms with Crippen LogP contribution in [-0.4, -0.2) is 20.5 Å². The Morgan fingerprint density at radius 1 is 0.935 bits per heavy atom. The fraction of sp³-hybridized carbons (Fsp3) is 0.0870. The number of hydrogen-bond acceptors (Lipinski definition) is 6. The maximum absolute atomic E-state index is 13.3. The molecular weight excluding hydrogens is 419 g/mol. The van der Waals surface area contributed by atoms with Crippen LogP contribution in [0.4, 0.5) is 16.0 Å². The first kappa shape index (κ1) is 20.6. The van der Waals surface area contributed by atoms with Crippen molar-refractivity contribution in [3.63, 3.8) is 0 Å². The minimum absolute atomic E-state index is 0.0287. The molecule has 1 heterocycles. The summed E-state index contributed by atoms with van der Waals surface area (Å²) in [5, 5.41) is 2.71. The molecule has 31 heavy (non-hydrogen) atoms. The van der Waals surface area contributed by atoms with Gasteiger partial charge in [-0.2, -0.15) is 4.98 Å². The van der Waals surface area contributed by atoms with Crippen LogP contribution < -0.4 is 10.1 Å². The van der Waals surface area contributed by atoms with Crippen molar-refractivity contribution in [2.45, 2.75) is 16.8 Å². The van der Waals surface area contributed by atoms with Crippen LogP contribution in [0.2, 0.25) is 0 Å². The summed E-state index contributed by atoms with van der Waals surface area (Å²) < 4.78 is 50.8. The number of anilines is 2. The van der Waals surface area contributed by atoms with Crippen molar-refractivity contribution in [3.8, 4) is 17.2 Å². The molecule has 0 saturated heterocycles. The molecule has 0 unspecified atom stereocenters. The number of aromatic nitrogens is 1. The number of oxazole rings is 1. The number of benzene rings is 3. The molecule has 0 fully saturated rings.